The van der Waals surface area contributed by atoms with E-state index in [2.05, 4.69) is 34.2 Å². The number of hydrogen-bond donors (Lipinski definition) is 0. The predicted octanol–water partition coefficient (Wildman–Crippen LogP) is 5.74. The standard InChI is InChI=1S/C28H26FN3O2/c1-18-7-5-12-24(29)27(18)34-28-30-22(15-20-10-6-9-19-8-3-4-11-23(19)20)16-25(31-28)21-13-14-26(33)32(2)17-21/h3-5,7-8,11-14,16-17,20H,6,9-10,15H2,1-2H3/t20-/m0/s1. The third kappa shape index (κ3) is 4.49. The summed E-state index contributed by atoms with van der Waals surface area (Å²) in [6.45, 7) is 1.79. The highest BCUT2D eigenvalue weighted by molar-refractivity contribution is 5.58. The molecule has 4 aromatic rings. The Hall–Kier alpha value is -3.80. The van der Waals surface area contributed by atoms with Gasteiger partial charge in [0, 0.05) is 30.6 Å². The molecular formula is C28H26FN3O2. The first-order valence-electron chi connectivity index (χ1n) is 11.5. The van der Waals surface area contributed by atoms with Gasteiger partial charge in [0.1, 0.15) is 0 Å². The van der Waals surface area contributed by atoms with Gasteiger partial charge in [-0.15, -0.1) is 0 Å². The molecule has 0 saturated heterocycles. The molecule has 0 saturated carbocycles. The Morgan fingerprint density at radius 1 is 1.09 bits per heavy atom. The monoisotopic (exact) mass is 455 g/mol. The van der Waals surface area contributed by atoms with Gasteiger partial charge in [-0.05, 0) is 73.4 Å². The van der Waals surface area contributed by atoms with Crippen molar-refractivity contribution in [2.24, 2.45) is 7.05 Å². The van der Waals surface area contributed by atoms with E-state index in [0.29, 0.717) is 17.2 Å². The molecule has 2 aromatic carbocycles. The molecule has 0 spiro atoms. The van der Waals surface area contributed by atoms with Gasteiger partial charge in [0.25, 0.3) is 0 Å². The number of pyridine rings is 1. The fourth-order valence-electron chi connectivity index (χ4n) is 4.67. The molecule has 0 amide bonds. The third-order valence-electron chi connectivity index (χ3n) is 6.45. The SMILES string of the molecule is Cc1cccc(F)c1Oc1nc(C[C@@H]2CCCc3ccccc32)cc(-c2ccc(=O)n(C)c2)n1. The molecule has 2 aromatic heterocycles. The predicted molar refractivity (Wildman–Crippen MR) is 130 cm³/mol. The maximum atomic E-state index is 14.5. The second kappa shape index (κ2) is 9.21. The summed E-state index contributed by atoms with van der Waals surface area (Å²) in [6.07, 6.45) is 5.78. The lowest BCUT2D eigenvalue weighted by molar-refractivity contribution is 0.405. The molecule has 6 heteroatoms. The van der Waals surface area contributed by atoms with E-state index in [9.17, 15) is 9.18 Å². The third-order valence-corrected chi connectivity index (χ3v) is 6.45. The summed E-state index contributed by atoms with van der Waals surface area (Å²) in [5, 5.41) is 0. The van der Waals surface area contributed by atoms with Gasteiger partial charge >= 0.3 is 6.01 Å². The molecule has 2 heterocycles. The lowest BCUT2D eigenvalue weighted by Crippen LogP contribution is -2.15. The van der Waals surface area contributed by atoms with Crippen molar-refractivity contribution in [3.05, 3.63) is 105 Å². The van der Waals surface area contributed by atoms with Gasteiger partial charge in [0.2, 0.25) is 5.56 Å². The van der Waals surface area contributed by atoms with Crippen molar-refractivity contribution in [1.82, 2.24) is 14.5 Å². The average molecular weight is 456 g/mol. The molecule has 0 N–H and O–H groups in total. The van der Waals surface area contributed by atoms with E-state index in [-0.39, 0.29) is 17.3 Å². The van der Waals surface area contributed by atoms with Crippen molar-refractivity contribution in [3.8, 4) is 23.0 Å². The minimum atomic E-state index is -0.459. The minimum Gasteiger partial charge on any atom is -0.421 e. The van der Waals surface area contributed by atoms with Gasteiger partial charge in [-0.2, -0.15) is 9.97 Å². The van der Waals surface area contributed by atoms with E-state index < -0.39 is 5.82 Å². The Balaban J connectivity index is 1.56. The molecule has 0 aliphatic heterocycles. The normalized spacial score (nSPS) is 15.1. The zero-order chi connectivity index (χ0) is 23.7. The summed E-state index contributed by atoms with van der Waals surface area (Å²) < 4.78 is 21.9. The van der Waals surface area contributed by atoms with Crippen molar-refractivity contribution in [3.63, 3.8) is 0 Å². The van der Waals surface area contributed by atoms with Crippen molar-refractivity contribution >= 4 is 0 Å². The van der Waals surface area contributed by atoms with Crippen molar-refractivity contribution < 1.29 is 9.13 Å². The summed E-state index contributed by atoms with van der Waals surface area (Å²) in [5.74, 6) is 0.00354. The molecule has 0 bridgehead atoms. The molecule has 34 heavy (non-hydrogen) atoms. The van der Waals surface area contributed by atoms with E-state index in [1.165, 1.54) is 27.8 Å². The smallest absolute Gasteiger partial charge is 0.322 e. The topological polar surface area (TPSA) is 57.0 Å². The van der Waals surface area contributed by atoms with Gasteiger partial charge in [0.15, 0.2) is 11.6 Å². The number of fused-ring (bicyclic) bond motifs is 1. The fourth-order valence-corrected chi connectivity index (χ4v) is 4.67. The zero-order valence-electron chi connectivity index (χ0n) is 19.3. The number of aromatic nitrogens is 3. The summed E-state index contributed by atoms with van der Waals surface area (Å²) in [5.41, 5.74) is 5.55. The van der Waals surface area contributed by atoms with E-state index in [4.69, 9.17) is 4.74 Å². The summed E-state index contributed by atoms with van der Waals surface area (Å²) in [6, 6.07) is 18.7. The van der Waals surface area contributed by atoms with Crippen molar-refractivity contribution in [2.45, 2.75) is 38.5 Å². The lowest BCUT2D eigenvalue weighted by Gasteiger charge is -2.25. The average Bonchev–Trinajstić information content (AvgIpc) is 2.83. The van der Waals surface area contributed by atoms with Gasteiger partial charge in [-0.25, -0.2) is 4.39 Å². The number of rotatable bonds is 5. The molecule has 1 atom stereocenters. The Labute approximate surface area is 197 Å². The number of halogens is 1. The van der Waals surface area contributed by atoms with Crippen LogP contribution >= 0.6 is 0 Å². The molecule has 5 rings (SSSR count). The van der Waals surface area contributed by atoms with Gasteiger partial charge in [-0.1, -0.05) is 36.4 Å². The number of hydrogen-bond acceptors (Lipinski definition) is 4. The maximum Gasteiger partial charge on any atom is 0.322 e. The number of aryl methyl sites for hydroxylation is 3. The van der Waals surface area contributed by atoms with Crippen LogP contribution in [0.25, 0.3) is 11.3 Å². The largest absolute Gasteiger partial charge is 0.421 e. The fraction of sp³-hybridized carbons (Fsp3) is 0.250. The first-order chi connectivity index (χ1) is 16.5. The Bertz CT molecular complexity index is 1390. The van der Waals surface area contributed by atoms with Crippen LogP contribution in [-0.2, 0) is 19.9 Å². The maximum absolute atomic E-state index is 14.5. The first kappa shape index (κ1) is 22.0. The molecular weight excluding hydrogens is 429 g/mol. The highest BCUT2D eigenvalue weighted by atomic mass is 19.1. The van der Waals surface area contributed by atoms with Crippen LogP contribution in [0.2, 0.25) is 0 Å². The van der Waals surface area contributed by atoms with Crippen LogP contribution in [0.3, 0.4) is 0 Å². The van der Waals surface area contributed by atoms with Crippen molar-refractivity contribution in [1.29, 1.82) is 0 Å². The number of nitrogens with zero attached hydrogens (tertiary/aromatic N) is 3. The number of para-hydroxylation sites is 1. The van der Waals surface area contributed by atoms with E-state index in [0.717, 1.165) is 36.9 Å². The second-order valence-electron chi connectivity index (χ2n) is 8.87. The van der Waals surface area contributed by atoms with Crippen LogP contribution in [0, 0.1) is 12.7 Å². The second-order valence-corrected chi connectivity index (χ2v) is 8.87. The summed E-state index contributed by atoms with van der Waals surface area (Å²) in [4.78, 5) is 21.1. The van der Waals surface area contributed by atoms with Crippen LogP contribution in [0.4, 0.5) is 4.39 Å². The highest BCUT2D eigenvalue weighted by Gasteiger charge is 2.22. The summed E-state index contributed by atoms with van der Waals surface area (Å²) >= 11 is 0. The lowest BCUT2D eigenvalue weighted by atomic mass is 9.80. The van der Waals surface area contributed by atoms with E-state index in [1.54, 1.807) is 38.4 Å². The Kier molecular flexibility index (Phi) is 5.97. The first-order valence-corrected chi connectivity index (χ1v) is 11.5. The van der Waals surface area contributed by atoms with Crippen LogP contribution in [-0.4, -0.2) is 14.5 Å². The van der Waals surface area contributed by atoms with E-state index in [1.807, 2.05) is 6.07 Å². The van der Waals surface area contributed by atoms with Crippen LogP contribution in [0.1, 0.15) is 41.1 Å². The zero-order valence-corrected chi connectivity index (χ0v) is 19.3. The molecule has 5 nitrogen and oxygen atoms in total. The number of benzene rings is 2. The molecule has 172 valence electrons. The summed E-state index contributed by atoms with van der Waals surface area (Å²) in [7, 11) is 1.70. The van der Waals surface area contributed by atoms with E-state index >= 15 is 0 Å². The number of ether oxygens (including phenoxy) is 1. The van der Waals surface area contributed by atoms with Gasteiger partial charge in [-0.3, -0.25) is 4.79 Å². The highest BCUT2D eigenvalue weighted by Crippen LogP contribution is 2.35. The van der Waals surface area contributed by atoms with Crippen LogP contribution in [0.15, 0.2) is 71.7 Å². The Morgan fingerprint density at radius 2 is 1.94 bits per heavy atom. The van der Waals surface area contributed by atoms with Crippen LogP contribution < -0.4 is 10.3 Å². The quantitative estimate of drug-likeness (QED) is 0.385. The molecule has 1 aliphatic rings. The molecule has 1 aliphatic carbocycles. The Morgan fingerprint density at radius 3 is 2.76 bits per heavy atom. The molecule has 0 unspecified atom stereocenters. The molecule has 0 radical (unpaired) electrons. The van der Waals surface area contributed by atoms with Crippen molar-refractivity contribution in [2.75, 3.05) is 0 Å². The minimum absolute atomic E-state index is 0.0960. The molecule has 0 fully saturated rings. The van der Waals surface area contributed by atoms with Crippen LogP contribution in [0.5, 0.6) is 11.8 Å². The van der Waals surface area contributed by atoms with Gasteiger partial charge in [0.05, 0.1) is 5.69 Å². The van der Waals surface area contributed by atoms with Gasteiger partial charge < -0.3 is 9.30 Å².